The van der Waals surface area contributed by atoms with Gasteiger partial charge in [-0.2, -0.15) is 0 Å². The summed E-state index contributed by atoms with van der Waals surface area (Å²) in [5, 5.41) is 10.5. The first kappa shape index (κ1) is 15.3. The number of methoxy groups -OCH3 is 2. The van der Waals surface area contributed by atoms with Crippen molar-refractivity contribution in [3.63, 3.8) is 0 Å². The fourth-order valence-corrected chi connectivity index (χ4v) is 2.61. The van der Waals surface area contributed by atoms with Gasteiger partial charge in [0, 0.05) is 11.1 Å². The third kappa shape index (κ3) is 2.58. The van der Waals surface area contributed by atoms with Gasteiger partial charge in [0.1, 0.15) is 6.61 Å². The van der Waals surface area contributed by atoms with Gasteiger partial charge < -0.3 is 19.3 Å². The second-order valence-corrected chi connectivity index (χ2v) is 4.90. The van der Waals surface area contributed by atoms with Crippen LogP contribution >= 0.6 is 0 Å². The Balaban J connectivity index is 2.70. The number of benzene rings is 1. The van der Waals surface area contributed by atoms with E-state index in [9.17, 15) is 5.11 Å². The molecule has 4 nitrogen and oxygen atoms in total. The third-order valence-electron chi connectivity index (χ3n) is 3.57. The monoisotopic (exact) mass is 290 g/mol. The van der Waals surface area contributed by atoms with Crippen LogP contribution in [0.5, 0.6) is 23.0 Å². The van der Waals surface area contributed by atoms with Crippen LogP contribution in [0.3, 0.4) is 0 Å². The lowest BCUT2D eigenvalue weighted by molar-refractivity contribution is 0.306. The minimum Gasteiger partial charge on any atom is -0.504 e. The van der Waals surface area contributed by atoms with Crippen LogP contribution in [-0.2, 0) is 6.42 Å². The van der Waals surface area contributed by atoms with Gasteiger partial charge in [0.2, 0.25) is 11.5 Å². The summed E-state index contributed by atoms with van der Waals surface area (Å²) in [5.41, 5.74) is 2.77. The molecule has 0 aromatic heterocycles. The Bertz CT molecular complexity index is 573. The largest absolute Gasteiger partial charge is 0.504 e. The molecular weight excluding hydrogens is 268 g/mol. The van der Waals surface area contributed by atoms with E-state index in [1.807, 2.05) is 0 Å². The Morgan fingerprint density at radius 1 is 1.29 bits per heavy atom. The fraction of sp³-hybridized carbons (Fsp3) is 0.412. The number of ether oxygens (including phenoxy) is 3. The molecule has 21 heavy (non-hydrogen) atoms. The molecule has 0 saturated carbocycles. The van der Waals surface area contributed by atoms with Crippen molar-refractivity contribution in [2.45, 2.75) is 26.2 Å². The second-order valence-electron chi connectivity index (χ2n) is 4.90. The zero-order chi connectivity index (χ0) is 15.4. The molecule has 1 aliphatic rings. The van der Waals surface area contributed by atoms with E-state index in [4.69, 9.17) is 14.2 Å². The number of hydrogen-bond donors (Lipinski definition) is 1. The fourth-order valence-electron chi connectivity index (χ4n) is 2.61. The predicted octanol–water partition coefficient (Wildman–Crippen LogP) is 3.71. The molecule has 1 heterocycles. The molecule has 0 spiro atoms. The van der Waals surface area contributed by atoms with E-state index >= 15 is 0 Å². The summed E-state index contributed by atoms with van der Waals surface area (Å²) in [6.07, 6.45) is 6.50. The van der Waals surface area contributed by atoms with Crippen LogP contribution in [0.1, 0.15) is 30.9 Å². The van der Waals surface area contributed by atoms with E-state index in [2.05, 4.69) is 19.6 Å². The van der Waals surface area contributed by atoms with E-state index in [1.54, 1.807) is 13.2 Å². The minimum atomic E-state index is 0.0981. The van der Waals surface area contributed by atoms with Crippen LogP contribution in [-0.4, -0.2) is 25.9 Å². The molecular formula is C17H22O4. The predicted molar refractivity (Wildman–Crippen MR) is 83.5 cm³/mol. The van der Waals surface area contributed by atoms with Crippen molar-refractivity contribution in [2.75, 3.05) is 20.8 Å². The van der Waals surface area contributed by atoms with Gasteiger partial charge in [-0.15, -0.1) is 6.58 Å². The average Bonchev–Trinajstić information content (AvgIpc) is 2.90. The lowest BCUT2D eigenvalue weighted by atomic mass is 9.95. The van der Waals surface area contributed by atoms with Gasteiger partial charge in [0.15, 0.2) is 11.5 Å². The second kappa shape index (κ2) is 6.57. The summed E-state index contributed by atoms with van der Waals surface area (Å²) in [6.45, 7) is 6.38. The lowest BCUT2D eigenvalue weighted by Crippen LogP contribution is -1.98. The number of hydrogen-bond acceptors (Lipinski definition) is 4. The van der Waals surface area contributed by atoms with Crippen molar-refractivity contribution >= 4 is 5.57 Å². The third-order valence-corrected chi connectivity index (χ3v) is 3.57. The normalized spacial score (nSPS) is 14.7. The van der Waals surface area contributed by atoms with E-state index in [0.717, 1.165) is 29.5 Å². The van der Waals surface area contributed by atoms with Crippen molar-refractivity contribution in [3.8, 4) is 23.0 Å². The van der Waals surface area contributed by atoms with Gasteiger partial charge >= 0.3 is 0 Å². The molecule has 114 valence electrons. The van der Waals surface area contributed by atoms with Gasteiger partial charge in [0.05, 0.1) is 14.2 Å². The maximum absolute atomic E-state index is 10.5. The molecule has 1 N–H and O–H groups in total. The van der Waals surface area contributed by atoms with Crippen molar-refractivity contribution in [2.24, 2.45) is 0 Å². The van der Waals surface area contributed by atoms with Gasteiger partial charge in [-0.25, -0.2) is 0 Å². The quantitative estimate of drug-likeness (QED) is 0.811. The van der Waals surface area contributed by atoms with E-state index in [1.165, 1.54) is 7.11 Å². The molecule has 1 aromatic carbocycles. The molecule has 0 radical (unpaired) electrons. The molecule has 0 saturated heterocycles. The van der Waals surface area contributed by atoms with Gasteiger partial charge in [-0.1, -0.05) is 25.5 Å². The maximum atomic E-state index is 10.5. The van der Waals surface area contributed by atoms with Crippen molar-refractivity contribution in [1.82, 2.24) is 0 Å². The van der Waals surface area contributed by atoms with Crippen molar-refractivity contribution in [3.05, 3.63) is 29.9 Å². The zero-order valence-corrected chi connectivity index (χ0v) is 12.9. The summed E-state index contributed by atoms with van der Waals surface area (Å²) >= 11 is 0. The van der Waals surface area contributed by atoms with Crippen LogP contribution < -0.4 is 14.2 Å². The molecule has 0 bridgehead atoms. The first-order chi connectivity index (χ1) is 10.2. The number of phenolic OH excluding ortho intramolecular Hbond substituents is 1. The van der Waals surface area contributed by atoms with Crippen LogP contribution in [0.4, 0.5) is 0 Å². The molecule has 0 amide bonds. The zero-order valence-electron chi connectivity index (χ0n) is 12.9. The Labute approximate surface area is 125 Å². The molecule has 2 rings (SSSR count). The highest BCUT2D eigenvalue weighted by Crippen LogP contribution is 2.53. The Kier molecular flexibility index (Phi) is 4.78. The lowest BCUT2D eigenvalue weighted by Gasteiger charge is -2.17. The molecule has 0 aliphatic carbocycles. The number of phenols is 1. The number of rotatable bonds is 6. The van der Waals surface area contributed by atoms with Gasteiger partial charge in [0.25, 0.3) is 0 Å². The standard InChI is InChI=1S/C17H22O4/c1-5-7-9-11-10-21-15-13(11)12(8-6-2)14(18)16(19-3)17(15)20-4/h6,9,18H,2,5,7-8,10H2,1,3-4H3/b11-9+. The van der Waals surface area contributed by atoms with E-state index in [-0.39, 0.29) is 5.75 Å². The molecule has 1 aromatic rings. The summed E-state index contributed by atoms with van der Waals surface area (Å²) in [5.74, 6) is 1.50. The maximum Gasteiger partial charge on any atom is 0.207 e. The first-order valence-electron chi connectivity index (χ1n) is 7.12. The molecule has 0 fully saturated rings. The average molecular weight is 290 g/mol. The Hall–Kier alpha value is -2.10. The number of unbranched alkanes of at least 4 members (excludes halogenated alkanes) is 1. The highest BCUT2D eigenvalue weighted by molar-refractivity contribution is 5.84. The molecule has 0 atom stereocenters. The van der Waals surface area contributed by atoms with Crippen LogP contribution in [0.25, 0.3) is 5.57 Å². The number of allylic oxidation sites excluding steroid dienone is 2. The highest BCUT2D eigenvalue weighted by atomic mass is 16.5. The van der Waals surface area contributed by atoms with Crippen LogP contribution in [0.15, 0.2) is 18.7 Å². The summed E-state index contributed by atoms with van der Waals surface area (Å²) in [6, 6.07) is 0. The molecule has 1 aliphatic heterocycles. The van der Waals surface area contributed by atoms with Gasteiger partial charge in [-0.3, -0.25) is 0 Å². The Morgan fingerprint density at radius 2 is 2.00 bits per heavy atom. The SMILES string of the molecule is C=CCc1c(O)c(OC)c(OC)c2c1/C(=C/CCC)CO2. The number of fused-ring (bicyclic) bond motifs is 1. The first-order valence-corrected chi connectivity index (χ1v) is 7.12. The number of aromatic hydroxyl groups is 1. The van der Waals surface area contributed by atoms with E-state index in [0.29, 0.717) is 30.3 Å². The minimum absolute atomic E-state index is 0.0981. The highest BCUT2D eigenvalue weighted by Gasteiger charge is 2.31. The van der Waals surface area contributed by atoms with Crippen LogP contribution in [0.2, 0.25) is 0 Å². The van der Waals surface area contributed by atoms with Gasteiger partial charge in [-0.05, 0) is 18.4 Å². The van der Waals surface area contributed by atoms with Crippen molar-refractivity contribution in [1.29, 1.82) is 0 Å². The molecule has 4 heteroatoms. The van der Waals surface area contributed by atoms with Crippen molar-refractivity contribution < 1.29 is 19.3 Å². The smallest absolute Gasteiger partial charge is 0.207 e. The molecule has 0 unspecified atom stereocenters. The Morgan fingerprint density at radius 3 is 2.57 bits per heavy atom. The van der Waals surface area contributed by atoms with Crippen LogP contribution in [0, 0.1) is 0 Å². The summed E-state index contributed by atoms with van der Waals surface area (Å²) in [7, 11) is 3.05. The summed E-state index contributed by atoms with van der Waals surface area (Å²) < 4.78 is 16.5. The topological polar surface area (TPSA) is 47.9 Å². The van der Waals surface area contributed by atoms with E-state index < -0.39 is 0 Å². The summed E-state index contributed by atoms with van der Waals surface area (Å²) in [4.78, 5) is 0.